The minimum Gasteiger partial charge on any atom is -0.456 e. The van der Waals surface area contributed by atoms with Crippen LogP contribution in [0, 0.1) is 11.6 Å². The minimum atomic E-state index is -0.664. The normalized spacial score (nSPS) is 20.6. The largest absolute Gasteiger partial charge is 0.456 e. The maximum atomic E-state index is 16.5. The van der Waals surface area contributed by atoms with Crippen molar-refractivity contribution in [1.82, 2.24) is 25.2 Å². The second-order valence-electron chi connectivity index (χ2n) is 9.49. The fraction of sp³-hybridized carbons (Fsp3) is 0.400. The molecule has 2 aliphatic heterocycles. The number of benzene rings is 2. The molecule has 2 aliphatic rings. The van der Waals surface area contributed by atoms with Gasteiger partial charge < -0.3 is 25.4 Å². The Kier molecular flexibility index (Phi) is 6.68. The van der Waals surface area contributed by atoms with Crippen LogP contribution in [0.2, 0.25) is 5.02 Å². The predicted octanol–water partition coefficient (Wildman–Crippen LogP) is 3.54. The smallest absolute Gasteiger partial charge is 0.319 e. The second-order valence-corrected chi connectivity index (χ2v) is 10.9. The fourth-order valence-electron chi connectivity index (χ4n) is 5.17. The van der Waals surface area contributed by atoms with Crippen LogP contribution in [0.1, 0.15) is 0 Å². The average Bonchev–Trinajstić information content (AvgIpc) is 3.48. The van der Waals surface area contributed by atoms with Crippen molar-refractivity contribution < 1.29 is 18.3 Å². The minimum absolute atomic E-state index is 0.0581. The van der Waals surface area contributed by atoms with Crippen LogP contribution in [0.25, 0.3) is 32.2 Å². The first-order valence-electron chi connectivity index (χ1n) is 12.2. The molecule has 9 nitrogen and oxygen atoms in total. The number of piperazine rings is 1. The predicted molar refractivity (Wildman–Crippen MR) is 145 cm³/mol. The molecule has 0 saturated carbocycles. The Balaban J connectivity index is 1.54. The van der Waals surface area contributed by atoms with Gasteiger partial charge in [0.1, 0.15) is 29.4 Å². The zero-order valence-corrected chi connectivity index (χ0v) is 22.4. The maximum absolute atomic E-state index is 16.5. The summed E-state index contributed by atoms with van der Waals surface area (Å²) in [6, 6.07) is 4.43. The van der Waals surface area contributed by atoms with Crippen molar-refractivity contribution in [2.45, 2.75) is 12.2 Å². The number of fused-ring (bicyclic) bond motifs is 2. The molecule has 0 aliphatic carbocycles. The lowest BCUT2D eigenvalue weighted by Gasteiger charge is -2.30. The Morgan fingerprint density at radius 1 is 1.11 bits per heavy atom. The molecule has 0 unspecified atom stereocenters. The molecule has 3 N–H and O–H groups in total. The summed E-state index contributed by atoms with van der Waals surface area (Å²) in [5.74, 6) is -0.604. The van der Waals surface area contributed by atoms with E-state index in [0.29, 0.717) is 42.9 Å². The van der Waals surface area contributed by atoms with Crippen molar-refractivity contribution in [3.05, 3.63) is 34.9 Å². The van der Waals surface area contributed by atoms with Gasteiger partial charge in [-0.15, -0.1) is 0 Å². The summed E-state index contributed by atoms with van der Waals surface area (Å²) < 4.78 is 43.0. The highest BCUT2D eigenvalue weighted by atomic mass is 35.5. The summed E-state index contributed by atoms with van der Waals surface area (Å²) in [5, 5.41) is 4.10. The van der Waals surface area contributed by atoms with Crippen LogP contribution in [-0.2, 0) is 4.74 Å². The van der Waals surface area contributed by atoms with Crippen molar-refractivity contribution in [3.63, 3.8) is 0 Å². The monoisotopic (exact) mass is 561 g/mol. The van der Waals surface area contributed by atoms with Crippen LogP contribution in [0.5, 0.6) is 6.01 Å². The molecule has 6 rings (SSSR count). The first kappa shape index (κ1) is 25.4. The zero-order chi connectivity index (χ0) is 26.6. The molecule has 2 fully saturated rings. The van der Waals surface area contributed by atoms with Crippen LogP contribution in [-0.4, -0.2) is 85.5 Å². The number of methoxy groups -OCH3 is 1. The Morgan fingerprint density at radius 2 is 1.87 bits per heavy atom. The van der Waals surface area contributed by atoms with Gasteiger partial charge in [0.2, 0.25) is 0 Å². The molecule has 0 spiro atoms. The lowest BCUT2D eigenvalue weighted by Crippen LogP contribution is -2.44. The van der Waals surface area contributed by atoms with Crippen LogP contribution in [0.4, 0.5) is 19.7 Å². The first-order chi connectivity index (χ1) is 18.3. The van der Waals surface area contributed by atoms with E-state index in [0.717, 1.165) is 24.4 Å². The molecule has 200 valence electrons. The number of nitrogen functional groups attached to an aromatic ring is 1. The molecule has 4 heterocycles. The quantitative estimate of drug-likeness (QED) is 0.379. The van der Waals surface area contributed by atoms with Crippen molar-refractivity contribution >= 4 is 55.0 Å². The molecule has 2 aromatic heterocycles. The molecular formula is C25H26ClF2N7O2S. The molecule has 0 amide bonds. The number of ether oxygens (including phenoxy) is 2. The Hall–Kier alpha value is -2.90. The number of nitrogens with zero attached hydrogens (tertiary/aromatic N) is 5. The van der Waals surface area contributed by atoms with E-state index in [9.17, 15) is 4.39 Å². The number of likely N-dealkylation sites (N-methyl/N-ethyl adjacent to an activating group) is 1. The molecule has 2 aromatic carbocycles. The van der Waals surface area contributed by atoms with E-state index in [1.54, 1.807) is 13.2 Å². The SMILES string of the molecule is CO[C@@H]1CN(C)C[C@H]1Oc1nc(N2CCNCC2)c2cc(Cl)c(-c3ccc(F)c4sc(N)nc34)c(F)c2n1. The summed E-state index contributed by atoms with van der Waals surface area (Å²) in [6.07, 6.45) is -0.488. The first-order valence-corrected chi connectivity index (χ1v) is 13.4. The van der Waals surface area contributed by atoms with E-state index < -0.39 is 11.6 Å². The van der Waals surface area contributed by atoms with Gasteiger partial charge in [0.25, 0.3) is 0 Å². The standard InChI is InChI=1S/C25H26ClF2N7O2S/c1-34-10-16(36-2)17(11-34)37-25-32-20-13(23(33-25)35-7-5-30-6-8-35)9-14(26)18(19(20)28)12-3-4-15(27)22-21(12)31-24(29)38-22/h3-4,9,16-17,30H,5-8,10-11H2,1-2H3,(H2,29,31)/t16-,17-/m1/s1. The lowest BCUT2D eigenvalue weighted by molar-refractivity contribution is 0.0300. The van der Waals surface area contributed by atoms with Gasteiger partial charge in [-0.2, -0.15) is 9.97 Å². The Labute approximate surface area is 226 Å². The summed E-state index contributed by atoms with van der Waals surface area (Å²) in [6.45, 7) is 4.19. The summed E-state index contributed by atoms with van der Waals surface area (Å²) in [5.41, 5.74) is 6.57. The molecule has 4 aromatic rings. The number of halogens is 3. The molecule has 0 radical (unpaired) electrons. The summed E-state index contributed by atoms with van der Waals surface area (Å²) in [4.78, 5) is 17.6. The third-order valence-electron chi connectivity index (χ3n) is 7.00. The second kappa shape index (κ2) is 10.0. The Bertz CT molecular complexity index is 1530. The van der Waals surface area contributed by atoms with Gasteiger partial charge in [0, 0.05) is 62.9 Å². The third kappa shape index (κ3) is 4.39. The van der Waals surface area contributed by atoms with Gasteiger partial charge in [-0.05, 0) is 25.2 Å². The van der Waals surface area contributed by atoms with Crippen molar-refractivity contribution in [1.29, 1.82) is 0 Å². The topological polar surface area (TPSA) is 102 Å². The van der Waals surface area contributed by atoms with Gasteiger partial charge in [0.15, 0.2) is 10.9 Å². The Morgan fingerprint density at radius 3 is 2.63 bits per heavy atom. The number of anilines is 2. The van der Waals surface area contributed by atoms with Crippen LogP contribution in [0.15, 0.2) is 18.2 Å². The van der Waals surface area contributed by atoms with Gasteiger partial charge in [0.05, 0.1) is 15.2 Å². The number of hydrogen-bond donors (Lipinski definition) is 2. The van der Waals surface area contributed by atoms with E-state index in [2.05, 4.69) is 25.1 Å². The number of nitrogens with two attached hydrogens (primary N) is 1. The summed E-state index contributed by atoms with van der Waals surface area (Å²) >= 11 is 7.70. The van der Waals surface area contributed by atoms with Gasteiger partial charge >= 0.3 is 6.01 Å². The highest BCUT2D eigenvalue weighted by molar-refractivity contribution is 7.22. The molecular weight excluding hydrogens is 536 g/mol. The highest BCUT2D eigenvalue weighted by Crippen LogP contribution is 2.42. The lowest BCUT2D eigenvalue weighted by atomic mass is 10.0. The van der Waals surface area contributed by atoms with Crippen LogP contribution < -0.4 is 20.7 Å². The van der Waals surface area contributed by atoms with Crippen molar-refractivity contribution in [3.8, 4) is 17.1 Å². The molecule has 38 heavy (non-hydrogen) atoms. The average molecular weight is 562 g/mol. The molecule has 2 saturated heterocycles. The van der Waals surface area contributed by atoms with E-state index in [1.807, 2.05) is 7.05 Å². The number of nitrogens with one attached hydrogen (secondary N) is 1. The fourth-order valence-corrected chi connectivity index (χ4v) is 6.23. The van der Waals surface area contributed by atoms with Crippen LogP contribution in [0.3, 0.4) is 0 Å². The van der Waals surface area contributed by atoms with E-state index in [-0.39, 0.29) is 49.7 Å². The van der Waals surface area contributed by atoms with Gasteiger partial charge in [-0.3, -0.25) is 4.90 Å². The van der Waals surface area contributed by atoms with Gasteiger partial charge in [-0.1, -0.05) is 22.9 Å². The molecule has 13 heteroatoms. The molecule has 0 bridgehead atoms. The van der Waals surface area contributed by atoms with Crippen LogP contribution >= 0.6 is 22.9 Å². The maximum Gasteiger partial charge on any atom is 0.319 e. The van der Waals surface area contributed by atoms with Gasteiger partial charge in [-0.25, -0.2) is 13.8 Å². The van der Waals surface area contributed by atoms with E-state index in [1.165, 1.54) is 12.1 Å². The van der Waals surface area contributed by atoms with E-state index >= 15 is 4.39 Å². The van der Waals surface area contributed by atoms with Crippen molar-refractivity contribution in [2.24, 2.45) is 0 Å². The highest BCUT2D eigenvalue weighted by Gasteiger charge is 2.34. The number of hydrogen-bond acceptors (Lipinski definition) is 10. The molecule has 2 atom stereocenters. The third-order valence-corrected chi connectivity index (χ3v) is 8.19. The zero-order valence-electron chi connectivity index (χ0n) is 20.8. The number of rotatable bonds is 5. The summed E-state index contributed by atoms with van der Waals surface area (Å²) in [7, 11) is 3.61. The van der Waals surface area contributed by atoms with E-state index in [4.69, 9.17) is 31.8 Å². The number of thiazole rings is 1. The van der Waals surface area contributed by atoms with Crippen molar-refractivity contribution in [2.75, 3.05) is 64.1 Å². The number of likely N-dealkylation sites (tertiary alicyclic amines) is 1. The number of aromatic nitrogens is 3.